The van der Waals surface area contributed by atoms with Crippen LogP contribution in [0, 0.1) is 0 Å². The first kappa shape index (κ1) is 19.0. The van der Waals surface area contributed by atoms with Crippen LogP contribution in [-0.2, 0) is 0 Å². The van der Waals surface area contributed by atoms with Crippen molar-refractivity contribution in [3.63, 3.8) is 0 Å². The Labute approximate surface area is 175 Å². The molecule has 6 nitrogen and oxygen atoms in total. The Balaban J connectivity index is 1.59. The Morgan fingerprint density at radius 2 is 2.07 bits per heavy atom. The van der Waals surface area contributed by atoms with Crippen LogP contribution in [0.2, 0.25) is 0 Å². The monoisotopic (exact) mass is 458 g/mol. The van der Waals surface area contributed by atoms with Crippen molar-refractivity contribution in [1.82, 2.24) is 15.0 Å². The minimum absolute atomic E-state index is 0.00817. The molecule has 3 aromatic heterocycles. The number of piperidine rings is 1. The molecule has 0 saturated carbocycles. The van der Waals surface area contributed by atoms with E-state index >= 15 is 0 Å². The van der Waals surface area contributed by atoms with Crippen LogP contribution in [0.3, 0.4) is 0 Å². The SMILES string of the molecule is C[C@@H]1CC[C@@H](Oc2cc(Br)ccn2)CN1c1csc(-c2ncccn2)c1C=O. The summed E-state index contributed by atoms with van der Waals surface area (Å²) in [5.74, 6) is 1.19. The minimum Gasteiger partial charge on any atom is -0.472 e. The normalized spacial score (nSPS) is 19.4. The number of aldehydes is 1. The largest absolute Gasteiger partial charge is 0.472 e. The highest BCUT2D eigenvalue weighted by Crippen LogP contribution is 2.38. The maximum Gasteiger partial charge on any atom is 0.214 e. The highest BCUT2D eigenvalue weighted by molar-refractivity contribution is 9.10. The first-order valence-electron chi connectivity index (χ1n) is 9.04. The Hall–Kier alpha value is -2.32. The van der Waals surface area contributed by atoms with Gasteiger partial charge in [-0.15, -0.1) is 11.3 Å². The van der Waals surface area contributed by atoms with E-state index in [2.05, 4.69) is 42.7 Å². The van der Waals surface area contributed by atoms with Crippen molar-refractivity contribution in [3.05, 3.63) is 52.2 Å². The molecule has 1 aliphatic heterocycles. The molecule has 3 aromatic rings. The second kappa shape index (κ2) is 8.36. The van der Waals surface area contributed by atoms with E-state index < -0.39 is 0 Å². The quantitative estimate of drug-likeness (QED) is 0.519. The van der Waals surface area contributed by atoms with Gasteiger partial charge in [-0.3, -0.25) is 4.79 Å². The van der Waals surface area contributed by atoms with Crippen molar-refractivity contribution in [2.24, 2.45) is 0 Å². The third-order valence-electron chi connectivity index (χ3n) is 4.83. The molecular formula is C20H19BrN4O2S. The maximum atomic E-state index is 11.9. The molecule has 0 aliphatic carbocycles. The number of hydrogen-bond donors (Lipinski definition) is 0. The fraction of sp³-hybridized carbons (Fsp3) is 0.300. The summed E-state index contributed by atoms with van der Waals surface area (Å²) in [5, 5.41) is 2.02. The molecule has 0 N–H and O–H groups in total. The first-order valence-corrected chi connectivity index (χ1v) is 10.7. The molecule has 28 heavy (non-hydrogen) atoms. The Kier molecular flexibility index (Phi) is 5.68. The van der Waals surface area contributed by atoms with E-state index in [1.54, 1.807) is 24.7 Å². The molecular weight excluding hydrogens is 440 g/mol. The number of rotatable bonds is 5. The van der Waals surface area contributed by atoms with Crippen molar-refractivity contribution >= 4 is 39.2 Å². The number of aromatic nitrogens is 3. The zero-order valence-corrected chi connectivity index (χ0v) is 17.7. The third kappa shape index (κ3) is 3.93. The van der Waals surface area contributed by atoms with Crippen LogP contribution >= 0.6 is 27.3 Å². The van der Waals surface area contributed by atoms with E-state index in [9.17, 15) is 4.79 Å². The zero-order chi connectivity index (χ0) is 19.5. The fourth-order valence-electron chi connectivity index (χ4n) is 3.41. The van der Waals surface area contributed by atoms with E-state index in [-0.39, 0.29) is 6.10 Å². The van der Waals surface area contributed by atoms with Crippen LogP contribution in [0.25, 0.3) is 10.7 Å². The lowest BCUT2D eigenvalue weighted by molar-refractivity contribution is 0.112. The predicted octanol–water partition coefficient (Wildman–Crippen LogP) is 4.61. The highest BCUT2D eigenvalue weighted by atomic mass is 79.9. The molecule has 1 fully saturated rings. The molecule has 8 heteroatoms. The summed E-state index contributed by atoms with van der Waals surface area (Å²) in [5.41, 5.74) is 1.56. The summed E-state index contributed by atoms with van der Waals surface area (Å²) < 4.78 is 7.05. The van der Waals surface area contributed by atoms with Gasteiger partial charge in [-0.1, -0.05) is 15.9 Å². The second-order valence-electron chi connectivity index (χ2n) is 6.68. The first-order chi connectivity index (χ1) is 13.7. The van der Waals surface area contributed by atoms with Gasteiger partial charge in [0, 0.05) is 40.6 Å². The molecule has 144 valence electrons. The van der Waals surface area contributed by atoms with Gasteiger partial charge in [0.05, 0.1) is 22.7 Å². The van der Waals surface area contributed by atoms with Crippen molar-refractivity contribution < 1.29 is 9.53 Å². The number of thiophene rings is 1. The van der Waals surface area contributed by atoms with Gasteiger partial charge in [-0.05, 0) is 31.9 Å². The molecule has 4 rings (SSSR count). The average molecular weight is 459 g/mol. The highest BCUT2D eigenvalue weighted by Gasteiger charge is 2.30. The molecule has 1 aliphatic rings. The van der Waals surface area contributed by atoms with Gasteiger partial charge in [0.25, 0.3) is 0 Å². The van der Waals surface area contributed by atoms with Gasteiger partial charge in [-0.2, -0.15) is 0 Å². The van der Waals surface area contributed by atoms with Gasteiger partial charge >= 0.3 is 0 Å². The van der Waals surface area contributed by atoms with Gasteiger partial charge in [0.15, 0.2) is 12.1 Å². The lowest BCUT2D eigenvalue weighted by atomic mass is 10.00. The number of hydrogen-bond acceptors (Lipinski definition) is 7. The Bertz CT molecular complexity index is 966. The number of carbonyl (C=O) groups excluding carboxylic acids is 1. The smallest absolute Gasteiger partial charge is 0.214 e. The summed E-state index contributed by atoms with van der Waals surface area (Å²) in [6.45, 7) is 2.88. The topological polar surface area (TPSA) is 68.2 Å². The molecule has 0 unspecified atom stereocenters. The predicted molar refractivity (Wildman–Crippen MR) is 113 cm³/mol. The maximum absolute atomic E-state index is 11.9. The van der Waals surface area contributed by atoms with E-state index in [1.807, 2.05) is 17.5 Å². The lowest BCUT2D eigenvalue weighted by Crippen LogP contribution is -2.46. The Morgan fingerprint density at radius 1 is 1.25 bits per heavy atom. The number of ether oxygens (including phenoxy) is 1. The molecule has 0 aromatic carbocycles. The van der Waals surface area contributed by atoms with E-state index in [4.69, 9.17) is 4.74 Å². The van der Waals surface area contributed by atoms with Crippen LogP contribution in [0.1, 0.15) is 30.1 Å². The number of pyridine rings is 1. The molecule has 0 radical (unpaired) electrons. The zero-order valence-electron chi connectivity index (χ0n) is 15.3. The fourth-order valence-corrected chi connectivity index (χ4v) is 4.71. The van der Waals surface area contributed by atoms with Gasteiger partial charge in [-0.25, -0.2) is 15.0 Å². The van der Waals surface area contributed by atoms with Crippen LogP contribution in [0.15, 0.2) is 46.6 Å². The number of nitrogens with zero attached hydrogens (tertiary/aromatic N) is 4. The lowest BCUT2D eigenvalue weighted by Gasteiger charge is -2.39. The molecule has 0 bridgehead atoms. The Morgan fingerprint density at radius 3 is 2.82 bits per heavy atom. The summed E-state index contributed by atoms with van der Waals surface area (Å²) in [6, 6.07) is 5.82. The van der Waals surface area contributed by atoms with Crippen molar-refractivity contribution in [2.45, 2.75) is 31.9 Å². The molecule has 0 spiro atoms. The van der Waals surface area contributed by atoms with Crippen LogP contribution in [0.5, 0.6) is 5.88 Å². The van der Waals surface area contributed by atoms with Crippen LogP contribution in [0.4, 0.5) is 5.69 Å². The minimum atomic E-state index is 0.00817. The summed E-state index contributed by atoms with van der Waals surface area (Å²) in [4.78, 5) is 27.9. The second-order valence-corrected chi connectivity index (χ2v) is 8.48. The number of carbonyl (C=O) groups is 1. The van der Waals surface area contributed by atoms with Gasteiger partial charge in [0.2, 0.25) is 5.88 Å². The van der Waals surface area contributed by atoms with E-state index in [1.165, 1.54) is 11.3 Å². The van der Waals surface area contributed by atoms with Crippen molar-refractivity contribution in [3.8, 4) is 16.6 Å². The third-order valence-corrected chi connectivity index (χ3v) is 6.30. The van der Waals surface area contributed by atoms with Crippen molar-refractivity contribution in [1.29, 1.82) is 0 Å². The number of halogens is 1. The van der Waals surface area contributed by atoms with Crippen LogP contribution < -0.4 is 9.64 Å². The standard InChI is InChI=1S/C20H19BrN4O2S/c1-13-3-4-15(27-18-9-14(21)5-8-22-18)10-25(13)17-12-28-19(16(17)11-26)20-23-6-2-7-24-20/h2,5-9,11-13,15H,3-4,10H2,1H3/t13-,15-/m1/s1. The molecule has 1 saturated heterocycles. The summed E-state index contributed by atoms with van der Waals surface area (Å²) in [7, 11) is 0. The van der Waals surface area contributed by atoms with E-state index in [0.717, 1.165) is 34.2 Å². The summed E-state index contributed by atoms with van der Waals surface area (Å²) in [6.07, 6.45) is 7.94. The van der Waals surface area contributed by atoms with Gasteiger partial charge in [0.1, 0.15) is 6.10 Å². The van der Waals surface area contributed by atoms with Crippen molar-refractivity contribution in [2.75, 3.05) is 11.4 Å². The summed E-state index contributed by atoms with van der Waals surface area (Å²) >= 11 is 4.95. The molecule has 4 heterocycles. The van der Waals surface area contributed by atoms with Gasteiger partial charge < -0.3 is 9.64 Å². The van der Waals surface area contributed by atoms with E-state index in [0.29, 0.717) is 29.9 Å². The van der Waals surface area contributed by atoms with Crippen LogP contribution in [-0.4, -0.2) is 39.9 Å². The number of anilines is 1. The molecule has 0 amide bonds. The molecule has 2 atom stereocenters. The average Bonchev–Trinajstić information content (AvgIpc) is 3.14.